The molecule has 2 rings (SSSR count). The summed E-state index contributed by atoms with van der Waals surface area (Å²) in [5.41, 5.74) is 0.970. The van der Waals surface area contributed by atoms with E-state index >= 15 is 0 Å². The van der Waals surface area contributed by atoms with Crippen LogP contribution in [0.3, 0.4) is 0 Å². The first kappa shape index (κ1) is 15.5. The molecule has 1 aromatic rings. The summed E-state index contributed by atoms with van der Waals surface area (Å²) < 4.78 is 4.70. The molecule has 1 unspecified atom stereocenters. The highest BCUT2D eigenvalue weighted by Gasteiger charge is 2.49. The smallest absolute Gasteiger partial charge is 0.469 e. The maximum absolute atomic E-state index is 12.0. The van der Waals surface area contributed by atoms with E-state index in [9.17, 15) is 14.7 Å². The Morgan fingerprint density at radius 2 is 1.95 bits per heavy atom. The maximum Gasteiger partial charge on any atom is 0.514 e. The van der Waals surface area contributed by atoms with E-state index in [1.165, 1.54) is 7.11 Å². The largest absolute Gasteiger partial charge is 0.514 e. The lowest BCUT2D eigenvalue weighted by Gasteiger charge is -2.43. The van der Waals surface area contributed by atoms with Crippen molar-refractivity contribution in [3.05, 3.63) is 35.9 Å². The molecule has 1 heterocycles. The molecule has 0 spiro atoms. The number of quaternary nitrogens is 1. The van der Waals surface area contributed by atoms with Crippen LogP contribution in [-0.4, -0.2) is 41.3 Å². The molecule has 0 saturated carbocycles. The van der Waals surface area contributed by atoms with Gasteiger partial charge in [0, 0.05) is 12.0 Å². The van der Waals surface area contributed by atoms with Crippen LogP contribution in [0.1, 0.15) is 25.3 Å². The van der Waals surface area contributed by atoms with Crippen LogP contribution < -0.4 is 0 Å². The number of methoxy groups -OCH3 is 1. The molecular weight excluding hydrogens is 270 g/mol. The Morgan fingerprint density at radius 1 is 1.29 bits per heavy atom. The van der Waals surface area contributed by atoms with Gasteiger partial charge < -0.3 is 9.84 Å². The number of ether oxygens (including phenoxy) is 1. The summed E-state index contributed by atoms with van der Waals surface area (Å²) >= 11 is 0. The van der Waals surface area contributed by atoms with Gasteiger partial charge in [-0.05, 0) is 13.3 Å². The Kier molecular flexibility index (Phi) is 4.63. The van der Waals surface area contributed by atoms with Crippen molar-refractivity contribution in [3.8, 4) is 0 Å². The van der Waals surface area contributed by atoms with Crippen LogP contribution in [0.2, 0.25) is 0 Å². The molecule has 1 saturated heterocycles. The van der Waals surface area contributed by atoms with E-state index in [2.05, 4.69) is 0 Å². The topological polar surface area (TPSA) is 63.6 Å². The van der Waals surface area contributed by atoms with Gasteiger partial charge in [0.05, 0.1) is 13.2 Å². The highest BCUT2D eigenvalue weighted by atomic mass is 16.5. The van der Waals surface area contributed by atoms with Crippen LogP contribution in [0.15, 0.2) is 30.3 Å². The van der Waals surface area contributed by atoms with Crippen molar-refractivity contribution >= 4 is 12.1 Å². The Morgan fingerprint density at radius 3 is 2.52 bits per heavy atom. The van der Waals surface area contributed by atoms with Crippen LogP contribution in [-0.2, 0) is 16.1 Å². The molecule has 1 N–H and O–H groups in total. The maximum atomic E-state index is 12.0. The third-order valence-corrected chi connectivity index (χ3v) is 4.55. The zero-order chi connectivity index (χ0) is 15.5. The minimum atomic E-state index is -0.875. The average Bonchev–Trinajstić information content (AvgIpc) is 2.49. The van der Waals surface area contributed by atoms with E-state index in [-0.39, 0.29) is 29.0 Å². The van der Waals surface area contributed by atoms with Crippen molar-refractivity contribution < 1.29 is 23.9 Å². The van der Waals surface area contributed by atoms with E-state index in [1.54, 1.807) is 0 Å². The molecular formula is C16H22NO4+. The average molecular weight is 292 g/mol. The fourth-order valence-electron chi connectivity index (χ4n) is 3.18. The van der Waals surface area contributed by atoms with Crippen molar-refractivity contribution in [1.82, 2.24) is 0 Å². The van der Waals surface area contributed by atoms with E-state index < -0.39 is 6.09 Å². The van der Waals surface area contributed by atoms with Crippen LogP contribution in [0.4, 0.5) is 4.79 Å². The van der Waals surface area contributed by atoms with Crippen LogP contribution in [0.5, 0.6) is 0 Å². The number of carboxylic acid groups (broad SMARTS) is 1. The first-order chi connectivity index (χ1) is 9.99. The van der Waals surface area contributed by atoms with E-state index in [0.29, 0.717) is 19.4 Å². The minimum absolute atomic E-state index is 0.0244. The number of carbonyl (C=O) groups excluding carboxylic acids is 1. The molecule has 0 aromatic heterocycles. The lowest BCUT2D eigenvalue weighted by molar-refractivity contribution is -0.901. The second-order valence-corrected chi connectivity index (χ2v) is 5.79. The molecule has 5 heteroatoms. The van der Waals surface area contributed by atoms with Gasteiger partial charge in [-0.25, -0.2) is 4.48 Å². The highest BCUT2D eigenvalue weighted by molar-refractivity contribution is 5.73. The Bertz CT molecular complexity index is 516. The van der Waals surface area contributed by atoms with E-state index in [0.717, 1.165) is 5.56 Å². The van der Waals surface area contributed by atoms with Gasteiger partial charge in [-0.15, -0.1) is 0 Å². The summed E-state index contributed by atoms with van der Waals surface area (Å²) in [6.45, 7) is 2.63. The van der Waals surface area contributed by atoms with Crippen LogP contribution in [0.25, 0.3) is 0 Å². The molecule has 3 atom stereocenters. The SMILES string of the molecule is COC(=O)[C@H]1CC[C@@H](C)[N+](Cc2ccccc2)(C(=O)O)C1. The van der Waals surface area contributed by atoms with Gasteiger partial charge in [-0.3, -0.25) is 4.79 Å². The zero-order valence-corrected chi connectivity index (χ0v) is 12.5. The summed E-state index contributed by atoms with van der Waals surface area (Å²) in [5.74, 6) is -0.648. The summed E-state index contributed by atoms with van der Waals surface area (Å²) in [6.07, 6.45) is 0.523. The number of esters is 1. The van der Waals surface area contributed by atoms with Gasteiger partial charge in [-0.2, -0.15) is 4.79 Å². The van der Waals surface area contributed by atoms with Crippen molar-refractivity contribution in [2.45, 2.75) is 32.4 Å². The summed E-state index contributed by atoms with van der Waals surface area (Å²) in [7, 11) is 1.35. The number of benzene rings is 1. The number of piperidine rings is 1. The van der Waals surface area contributed by atoms with Crippen molar-refractivity contribution in [2.24, 2.45) is 5.92 Å². The van der Waals surface area contributed by atoms with E-state index in [4.69, 9.17) is 4.74 Å². The number of amides is 1. The van der Waals surface area contributed by atoms with Gasteiger partial charge in [0.15, 0.2) is 0 Å². The van der Waals surface area contributed by atoms with Gasteiger partial charge in [0.25, 0.3) is 0 Å². The number of nitrogens with zero attached hydrogens (tertiary/aromatic N) is 1. The summed E-state index contributed by atoms with van der Waals surface area (Å²) in [6, 6.07) is 9.55. The van der Waals surface area contributed by atoms with Crippen LogP contribution in [0, 0.1) is 5.92 Å². The predicted molar refractivity (Wildman–Crippen MR) is 77.5 cm³/mol. The molecule has 1 aliphatic rings. The highest BCUT2D eigenvalue weighted by Crippen LogP contribution is 2.32. The standard InChI is InChI=1S/C16H21NO4/c1-12-8-9-14(15(18)21-2)11-17(12,16(19)20)10-13-6-4-3-5-7-13/h3-7,12,14H,8-11H2,1-2H3/p+1/t12-,14+,17?/m1/s1. The Hall–Kier alpha value is -1.88. The van der Waals surface area contributed by atoms with Gasteiger partial charge in [-0.1, -0.05) is 30.3 Å². The predicted octanol–water partition coefficient (Wildman–Crippen LogP) is 2.65. The number of rotatable bonds is 3. The molecule has 114 valence electrons. The summed E-state index contributed by atoms with van der Waals surface area (Å²) in [5, 5.41) is 9.81. The van der Waals surface area contributed by atoms with E-state index in [1.807, 2.05) is 37.3 Å². The molecule has 5 nitrogen and oxygen atoms in total. The fourth-order valence-corrected chi connectivity index (χ4v) is 3.18. The summed E-state index contributed by atoms with van der Waals surface area (Å²) in [4.78, 5) is 23.8. The lowest BCUT2D eigenvalue weighted by Crippen LogP contribution is -2.62. The Balaban J connectivity index is 2.30. The normalized spacial score (nSPS) is 28.9. The molecule has 1 fully saturated rings. The number of likely N-dealkylation sites (tertiary alicyclic amines) is 1. The van der Waals surface area contributed by atoms with Gasteiger partial charge >= 0.3 is 12.1 Å². The zero-order valence-electron chi connectivity index (χ0n) is 12.5. The lowest BCUT2D eigenvalue weighted by atomic mass is 9.90. The molecule has 1 aromatic carbocycles. The number of hydrogen-bond donors (Lipinski definition) is 1. The van der Waals surface area contributed by atoms with Crippen molar-refractivity contribution in [3.63, 3.8) is 0 Å². The number of carbonyl (C=O) groups is 2. The van der Waals surface area contributed by atoms with Crippen molar-refractivity contribution in [2.75, 3.05) is 13.7 Å². The molecule has 0 radical (unpaired) electrons. The molecule has 1 aliphatic heterocycles. The monoisotopic (exact) mass is 292 g/mol. The number of hydrogen-bond acceptors (Lipinski definition) is 3. The second-order valence-electron chi connectivity index (χ2n) is 5.79. The second kappa shape index (κ2) is 6.26. The first-order valence-corrected chi connectivity index (χ1v) is 7.21. The fraction of sp³-hybridized carbons (Fsp3) is 0.500. The van der Waals surface area contributed by atoms with Gasteiger partial charge in [0.2, 0.25) is 0 Å². The van der Waals surface area contributed by atoms with Crippen molar-refractivity contribution in [1.29, 1.82) is 0 Å². The quantitative estimate of drug-likeness (QED) is 0.687. The minimum Gasteiger partial charge on any atom is -0.469 e. The molecule has 0 bridgehead atoms. The third kappa shape index (κ3) is 3.08. The van der Waals surface area contributed by atoms with Gasteiger partial charge in [0.1, 0.15) is 19.0 Å². The Labute approximate surface area is 124 Å². The van der Waals surface area contributed by atoms with Crippen LogP contribution >= 0.6 is 0 Å². The molecule has 0 aliphatic carbocycles. The molecule has 1 amide bonds. The first-order valence-electron chi connectivity index (χ1n) is 7.21. The molecule has 21 heavy (non-hydrogen) atoms. The third-order valence-electron chi connectivity index (χ3n) is 4.55.